The van der Waals surface area contributed by atoms with Crippen molar-refractivity contribution in [3.8, 4) is 34.5 Å². The first-order chi connectivity index (χ1) is 35.4. The van der Waals surface area contributed by atoms with Crippen molar-refractivity contribution in [1.29, 1.82) is 0 Å². The second-order valence-corrected chi connectivity index (χ2v) is 19.9. The minimum atomic E-state index is -4.63. The van der Waals surface area contributed by atoms with Crippen LogP contribution in [-0.4, -0.2) is 141 Å². The molecule has 74 heavy (non-hydrogen) atoms. The van der Waals surface area contributed by atoms with E-state index in [0.29, 0.717) is 101 Å². The first-order valence-corrected chi connectivity index (χ1v) is 24.4. The monoisotopic (exact) mass is 1020 g/mol. The number of fused-ring (bicyclic) bond motifs is 6. The third-order valence-electron chi connectivity index (χ3n) is 15.4. The zero-order valence-electron chi connectivity index (χ0n) is 40.6. The van der Waals surface area contributed by atoms with Crippen LogP contribution in [0, 0.1) is 11.8 Å². The largest absolute Gasteiger partial charge is 0.494 e. The van der Waals surface area contributed by atoms with Gasteiger partial charge in [-0.2, -0.15) is 26.3 Å². The number of hydrogen-bond acceptors (Lipinski definition) is 12. The summed E-state index contributed by atoms with van der Waals surface area (Å²) in [5.41, 5.74) is 2.86. The Morgan fingerprint density at radius 3 is 1.81 bits per heavy atom. The Morgan fingerprint density at radius 1 is 0.676 bits per heavy atom. The molecule has 12 rings (SSSR count). The minimum Gasteiger partial charge on any atom is -0.494 e. The van der Waals surface area contributed by atoms with Crippen molar-refractivity contribution in [2.24, 2.45) is 25.9 Å². The Labute approximate surface area is 417 Å². The van der Waals surface area contributed by atoms with Crippen molar-refractivity contribution in [3.63, 3.8) is 0 Å². The van der Waals surface area contributed by atoms with Crippen LogP contribution in [0.3, 0.4) is 0 Å². The molecule has 10 heterocycles. The van der Waals surface area contributed by atoms with Crippen molar-refractivity contribution in [2.75, 3.05) is 46.9 Å². The number of hydrogen-bond donors (Lipinski definition) is 2. The van der Waals surface area contributed by atoms with E-state index < -0.39 is 31.5 Å². The third kappa shape index (κ3) is 8.21. The SMILES string of the molecule is COc1cc(C(=O)N2CC[C@H]3CC(c4ncc5cc(-c6nc7cc(C(=O)N8CCC9CCNC9C8)cc(OC)c7n6C)n(CC(F)(F)F)c5n4)N[C@H]3C2)cc2nc(-c3cc4cncnc4n3CC(F)(F)F)n(C)c12. The molecule has 0 saturated carbocycles. The topological polar surface area (TPSA) is 180 Å². The van der Waals surface area contributed by atoms with Crippen LogP contribution in [0.2, 0.25) is 0 Å². The van der Waals surface area contributed by atoms with Crippen LogP contribution in [0.1, 0.15) is 58.3 Å². The van der Waals surface area contributed by atoms with E-state index in [-0.39, 0.29) is 69.7 Å². The number of alkyl halides is 6. The summed E-state index contributed by atoms with van der Waals surface area (Å²) in [4.78, 5) is 58.9. The van der Waals surface area contributed by atoms with Gasteiger partial charge in [-0.15, -0.1) is 0 Å². The molecule has 386 valence electrons. The zero-order chi connectivity index (χ0) is 51.5. The standard InChI is InChI=1S/C50H50F6N14O4/c1-65-40-31(62-45(65)36-14-29-18-57-24-60-43(29)69(36)22-49(51,52)53)13-28(17-39(40)74-4)48(72)68-10-7-26-11-33(61-35(26)21-68)42-59-19-30-15-37(70(44(30)64-42)23-50(54,55)56)46-63-32-12-27(16-38(73-3)41(32)66(46)2)47(71)67-9-6-25-5-8-58-34(25)20-67/h12-19,24-26,33-35,58,61H,5-11,20-23H2,1-4H3/t25?,26-,33?,34?,35-/m0/s1. The van der Waals surface area contributed by atoms with E-state index in [9.17, 15) is 35.9 Å². The second kappa shape index (κ2) is 17.7. The van der Waals surface area contributed by atoms with E-state index in [1.807, 2.05) is 4.90 Å². The Morgan fingerprint density at radius 2 is 1.23 bits per heavy atom. The number of amides is 2. The van der Waals surface area contributed by atoms with Gasteiger partial charge in [-0.1, -0.05) is 0 Å². The van der Waals surface area contributed by atoms with Gasteiger partial charge < -0.3 is 48.2 Å². The van der Waals surface area contributed by atoms with Gasteiger partial charge in [0, 0.05) is 86.7 Å². The zero-order valence-corrected chi connectivity index (χ0v) is 40.6. The smallest absolute Gasteiger partial charge is 0.406 e. The number of methoxy groups -OCH3 is 2. The van der Waals surface area contributed by atoms with Gasteiger partial charge >= 0.3 is 12.4 Å². The van der Waals surface area contributed by atoms with Crippen LogP contribution in [-0.2, 0) is 27.2 Å². The lowest BCUT2D eigenvalue weighted by atomic mass is 9.91. The van der Waals surface area contributed by atoms with E-state index in [0.717, 1.165) is 28.5 Å². The van der Waals surface area contributed by atoms with E-state index >= 15 is 0 Å². The number of carbonyl (C=O) groups excluding carboxylic acids is 2. The van der Waals surface area contributed by atoms with E-state index in [4.69, 9.17) is 24.4 Å². The number of aromatic nitrogens is 10. The first kappa shape index (κ1) is 47.7. The molecule has 8 aromatic rings. The summed E-state index contributed by atoms with van der Waals surface area (Å²) in [5.74, 6) is 1.57. The predicted octanol–water partition coefficient (Wildman–Crippen LogP) is 6.81. The van der Waals surface area contributed by atoms with E-state index in [1.165, 1.54) is 32.9 Å². The summed E-state index contributed by atoms with van der Waals surface area (Å²) in [6, 6.07) is 9.28. The fourth-order valence-electron chi connectivity index (χ4n) is 12.0. The molecule has 0 radical (unpaired) electrons. The number of ether oxygens (including phenoxy) is 2. The molecule has 4 saturated heterocycles. The van der Waals surface area contributed by atoms with Crippen LogP contribution in [0.25, 0.3) is 67.2 Å². The number of likely N-dealkylation sites (tertiary alicyclic amines) is 2. The molecule has 2 aromatic carbocycles. The van der Waals surface area contributed by atoms with Crippen LogP contribution in [0.4, 0.5) is 26.3 Å². The van der Waals surface area contributed by atoms with Gasteiger partial charge in [0.05, 0.1) is 42.7 Å². The van der Waals surface area contributed by atoms with Crippen molar-refractivity contribution in [2.45, 2.75) is 69.3 Å². The average molecular weight is 1030 g/mol. The highest BCUT2D eigenvalue weighted by Crippen LogP contribution is 2.40. The molecular formula is C50H50F6N14O4. The van der Waals surface area contributed by atoms with Gasteiger partial charge in [0.15, 0.2) is 11.6 Å². The van der Waals surface area contributed by atoms with Crippen LogP contribution in [0.5, 0.6) is 11.5 Å². The number of imidazole rings is 2. The van der Waals surface area contributed by atoms with Crippen LogP contribution in [0.15, 0.2) is 55.1 Å². The second-order valence-electron chi connectivity index (χ2n) is 19.9. The van der Waals surface area contributed by atoms with Crippen molar-refractivity contribution >= 4 is 55.9 Å². The lowest BCUT2D eigenvalue weighted by molar-refractivity contribution is -0.140. The fraction of sp³-hybridized carbons (Fsp3) is 0.440. The lowest BCUT2D eigenvalue weighted by Crippen LogP contribution is -2.48. The molecule has 0 aliphatic carbocycles. The number of carbonyl (C=O) groups is 2. The molecule has 6 aromatic heterocycles. The number of nitrogens with zero attached hydrogens (tertiary/aromatic N) is 12. The predicted molar refractivity (Wildman–Crippen MR) is 258 cm³/mol. The number of rotatable bonds is 9. The van der Waals surface area contributed by atoms with Crippen molar-refractivity contribution in [3.05, 3.63) is 72.1 Å². The van der Waals surface area contributed by atoms with Gasteiger partial charge in [0.25, 0.3) is 11.8 Å². The van der Waals surface area contributed by atoms with Crippen molar-refractivity contribution < 1.29 is 45.4 Å². The number of benzene rings is 2. The maximum Gasteiger partial charge on any atom is 0.406 e. The maximum atomic E-state index is 14.5. The van der Waals surface area contributed by atoms with Gasteiger partial charge in [-0.25, -0.2) is 29.9 Å². The molecule has 2 N–H and O–H groups in total. The molecule has 2 amide bonds. The molecule has 18 nitrogen and oxygen atoms in total. The Kier molecular flexibility index (Phi) is 11.4. The molecule has 24 heteroatoms. The molecule has 0 spiro atoms. The Balaban J connectivity index is 0.807. The molecule has 5 atom stereocenters. The molecule has 4 fully saturated rings. The molecular weight excluding hydrogens is 975 g/mol. The highest BCUT2D eigenvalue weighted by atomic mass is 19.4. The third-order valence-corrected chi connectivity index (χ3v) is 15.4. The molecule has 0 bridgehead atoms. The highest BCUT2D eigenvalue weighted by molar-refractivity contribution is 6.01. The summed E-state index contributed by atoms with van der Waals surface area (Å²) in [6.45, 7) is 0.204. The summed E-state index contributed by atoms with van der Waals surface area (Å²) in [5, 5.41) is 7.85. The highest BCUT2D eigenvalue weighted by Gasteiger charge is 2.42. The fourth-order valence-corrected chi connectivity index (χ4v) is 12.0. The maximum absolute atomic E-state index is 14.5. The van der Waals surface area contributed by atoms with E-state index in [2.05, 4.69) is 25.6 Å². The van der Waals surface area contributed by atoms with Gasteiger partial charge in [-0.05, 0) is 80.5 Å². The van der Waals surface area contributed by atoms with E-state index in [1.54, 1.807) is 64.5 Å². The number of halogens is 6. The Bertz CT molecular complexity index is 3560. The first-order valence-electron chi connectivity index (χ1n) is 24.4. The summed E-state index contributed by atoms with van der Waals surface area (Å²) < 4.78 is 102. The lowest BCUT2D eigenvalue weighted by Gasteiger charge is -2.35. The Hall–Kier alpha value is -7.34. The van der Waals surface area contributed by atoms with Gasteiger partial charge in [-0.3, -0.25) is 9.59 Å². The summed E-state index contributed by atoms with van der Waals surface area (Å²) in [7, 11) is 6.28. The van der Waals surface area contributed by atoms with Gasteiger partial charge in [0.1, 0.15) is 59.1 Å². The number of aryl methyl sites for hydroxylation is 2. The van der Waals surface area contributed by atoms with Gasteiger partial charge in [0.2, 0.25) is 0 Å². The number of nitrogens with one attached hydrogen (secondary N) is 2. The molecule has 3 unspecified atom stereocenters. The van der Waals surface area contributed by atoms with Crippen LogP contribution >= 0.6 is 0 Å². The molecule has 4 aliphatic rings. The van der Waals surface area contributed by atoms with Crippen molar-refractivity contribution in [1.82, 2.24) is 68.6 Å². The minimum absolute atomic E-state index is 0.0760. The molecule has 4 aliphatic heterocycles. The van der Waals surface area contributed by atoms with Crippen LogP contribution < -0.4 is 20.1 Å². The number of piperidine rings is 2. The quantitative estimate of drug-likeness (QED) is 0.145. The summed E-state index contributed by atoms with van der Waals surface area (Å²) >= 11 is 0. The summed E-state index contributed by atoms with van der Waals surface area (Å²) in [6.07, 6.45) is -1.85. The average Bonchev–Trinajstić information content (AvgIpc) is 4.25. The normalized spacial score (nSPS) is 21.4.